The highest BCUT2D eigenvalue weighted by molar-refractivity contribution is 6.11. The highest BCUT2D eigenvalue weighted by Crippen LogP contribution is 2.37. The van der Waals surface area contributed by atoms with Crippen molar-refractivity contribution in [2.45, 2.75) is 13.0 Å². The van der Waals surface area contributed by atoms with Crippen molar-refractivity contribution in [3.63, 3.8) is 0 Å². The lowest BCUT2D eigenvalue weighted by atomic mass is 10.0. The molecule has 0 radical (unpaired) electrons. The van der Waals surface area contributed by atoms with Crippen molar-refractivity contribution in [1.29, 1.82) is 0 Å². The van der Waals surface area contributed by atoms with Crippen molar-refractivity contribution in [1.82, 2.24) is 15.2 Å². The minimum Gasteiger partial charge on any atom is -0.415 e. The fraction of sp³-hybridized carbons (Fsp3) is 0.0909. The van der Waals surface area contributed by atoms with Crippen molar-refractivity contribution >= 4 is 11.6 Å². The number of hydrogen-bond donors (Lipinski definition) is 0. The van der Waals surface area contributed by atoms with Crippen LogP contribution < -0.4 is 4.90 Å². The molecule has 32 heavy (non-hydrogen) atoms. The molecular formula is C22H12F4N4O2. The Morgan fingerprint density at radius 3 is 2.50 bits per heavy atom. The minimum absolute atomic E-state index is 0.0918. The first kappa shape index (κ1) is 19.9. The van der Waals surface area contributed by atoms with E-state index in [1.165, 1.54) is 53.6 Å². The molecule has 5 rings (SSSR count). The van der Waals surface area contributed by atoms with Crippen LogP contribution >= 0.6 is 0 Å². The van der Waals surface area contributed by atoms with E-state index in [9.17, 15) is 22.4 Å². The summed E-state index contributed by atoms with van der Waals surface area (Å²) in [5, 5.41) is 6.84. The first-order chi connectivity index (χ1) is 15.4. The number of carbonyl (C=O) groups is 1. The van der Waals surface area contributed by atoms with Crippen LogP contribution in [0.5, 0.6) is 0 Å². The van der Waals surface area contributed by atoms with Crippen molar-refractivity contribution in [3.8, 4) is 22.6 Å². The second-order valence-corrected chi connectivity index (χ2v) is 7.03. The monoisotopic (exact) mass is 440 g/mol. The van der Waals surface area contributed by atoms with Crippen molar-refractivity contribution in [3.05, 3.63) is 83.5 Å². The smallest absolute Gasteiger partial charge is 0.314 e. The van der Waals surface area contributed by atoms with Crippen molar-refractivity contribution in [2.24, 2.45) is 0 Å². The molecule has 0 saturated heterocycles. The normalized spacial score (nSPS) is 13.2. The van der Waals surface area contributed by atoms with Gasteiger partial charge in [0, 0.05) is 11.8 Å². The summed E-state index contributed by atoms with van der Waals surface area (Å²) in [5.74, 6) is -2.50. The van der Waals surface area contributed by atoms with Gasteiger partial charge in [0.05, 0.1) is 29.1 Å². The zero-order valence-electron chi connectivity index (χ0n) is 16.1. The first-order valence-corrected chi connectivity index (χ1v) is 9.39. The molecule has 0 bridgehead atoms. The van der Waals surface area contributed by atoms with Gasteiger partial charge in [0.1, 0.15) is 11.6 Å². The van der Waals surface area contributed by atoms with E-state index in [0.717, 1.165) is 0 Å². The molecule has 0 aliphatic carbocycles. The summed E-state index contributed by atoms with van der Waals surface area (Å²) in [4.78, 5) is 18.8. The second kappa shape index (κ2) is 7.56. The topological polar surface area (TPSA) is 72.1 Å². The number of rotatable bonds is 4. The van der Waals surface area contributed by atoms with E-state index in [1.54, 1.807) is 6.07 Å². The molecule has 10 heteroatoms. The Kier molecular flexibility index (Phi) is 4.69. The Bertz CT molecular complexity index is 1360. The zero-order valence-corrected chi connectivity index (χ0v) is 16.1. The van der Waals surface area contributed by atoms with Crippen LogP contribution in [0.4, 0.5) is 23.2 Å². The molecule has 4 aromatic rings. The average Bonchev–Trinajstić information content (AvgIpc) is 3.39. The van der Waals surface area contributed by atoms with Gasteiger partial charge in [0.15, 0.2) is 0 Å². The van der Waals surface area contributed by atoms with Gasteiger partial charge >= 0.3 is 6.43 Å². The van der Waals surface area contributed by atoms with Crippen LogP contribution in [-0.2, 0) is 6.54 Å². The van der Waals surface area contributed by atoms with Crippen LogP contribution in [0.3, 0.4) is 0 Å². The number of aromatic nitrogens is 3. The quantitative estimate of drug-likeness (QED) is 0.409. The molecule has 0 unspecified atom stereocenters. The Labute approximate surface area is 178 Å². The maximum absolute atomic E-state index is 14.0. The molecule has 6 nitrogen and oxygen atoms in total. The SMILES string of the molecule is O=C1c2cc(-c3nnc(C(F)F)o3)cnc2CN1c1ccc(F)cc1-c1cccc(F)c1. The lowest BCUT2D eigenvalue weighted by molar-refractivity contribution is 0.0996. The number of amides is 1. The lowest BCUT2D eigenvalue weighted by Crippen LogP contribution is -2.23. The third-order valence-electron chi connectivity index (χ3n) is 5.01. The van der Waals surface area contributed by atoms with E-state index in [0.29, 0.717) is 22.5 Å². The standard InChI is InChI=1S/C22H12F4N4O2/c23-13-3-1-2-11(6-13)15-8-14(24)4-5-18(15)30-10-17-16(22(30)31)7-12(9-27-17)20-28-29-21(32-20)19(25)26/h1-9,19H,10H2. The number of benzene rings is 2. The number of anilines is 1. The summed E-state index contributed by atoms with van der Waals surface area (Å²) in [6, 6.07) is 10.9. The van der Waals surface area contributed by atoms with Crippen LogP contribution in [-0.4, -0.2) is 21.1 Å². The second-order valence-electron chi connectivity index (χ2n) is 7.03. The summed E-state index contributed by atoms with van der Waals surface area (Å²) in [6.45, 7) is 0.0918. The van der Waals surface area contributed by atoms with Gasteiger partial charge in [0.2, 0.25) is 5.89 Å². The molecule has 2 aromatic carbocycles. The van der Waals surface area contributed by atoms with E-state index >= 15 is 0 Å². The van der Waals surface area contributed by atoms with Gasteiger partial charge < -0.3 is 9.32 Å². The summed E-state index contributed by atoms with van der Waals surface area (Å²) in [6.07, 6.45) is -1.58. The number of pyridine rings is 1. The van der Waals surface area contributed by atoms with Crippen LogP contribution in [0.15, 0.2) is 59.1 Å². The molecule has 0 saturated carbocycles. The number of halogens is 4. The summed E-state index contributed by atoms with van der Waals surface area (Å²) in [5.41, 5.74) is 1.98. The fourth-order valence-electron chi connectivity index (χ4n) is 3.55. The average molecular weight is 440 g/mol. The summed E-state index contributed by atoms with van der Waals surface area (Å²) < 4.78 is 58.1. The molecule has 0 spiro atoms. The van der Waals surface area contributed by atoms with Gasteiger partial charge in [-0.1, -0.05) is 12.1 Å². The highest BCUT2D eigenvalue weighted by atomic mass is 19.3. The molecule has 0 atom stereocenters. The lowest BCUT2D eigenvalue weighted by Gasteiger charge is -2.20. The van der Waals surface area contributed by atoms with E-state index in [4.69, 9.17) is 4.42 Å². The van der Waals surface area contributed by atoms with Crippen LogP contribution in [0.2, 0.25) is 0 Å². The Hall–Kier alpha value is -4.08. The van der Waals surface area contributed by atoms with E-state index in [1.807, 2.05) is 0 Å². The third kappa shape index (κ3) is 3.39. The van der Waals surface area contributed by atoms with Gasteiger partial charge in [-0.2, -0.15) is 8.78 Å². The number of nitrogens with zero attached hydrogens (tertiary/aromatic N) is 4. The molecule has 160 valence electrons. The molecular weight excluding hydrogens is 428 g/mol. The van der Waals surface area contributed by atoms with Gasteiger partial charge in [0.25, 0.3) is 11.8 Å². The van der Waals surface area contributed by atoms with Gasteiger partial charge in [-0.05, 0) is 42.0 Å². The van der Waals surface area contributed by atoms with Gasteiger partial charge in [-0.25, -0.2) is 8.78 Å². The van der Waals surface area contributed by atoms with Gasteiger partial charge in [-0.15, -0.1) is 10.2 Å². The molecule has 1 amide bonds. The molecule has 0 N–H and O–H groups in total. The number of fused-ring (bicyclic) bond motifs is 1. The maximum Gasteiger partial charge on any atom is 0.314 e. The summed E-state index contributed by atoms with van der Waals surface area (Å²) in [7, 11) is 0. The number of hydrogen-bond acceptors (Lipinski definition) is 5. The largest absolute Gasteiger partial charge is 0.415 e. The van der Waals surface area contributed by atoms with Crippen molar-refractivity contribution < 1.29 is 26.8 Å². The van der Waals surface area contributed by atoms with Crippen LogP contribution in [0, 0.1) is 11.6 Å². The Morgan fingerprint density at radius 1 is 0.938 bits per heavy atom. The van der Waals surface area contributed by atoms with E-state index in [2.05, 4.69) is 15.2 Å². The molecule has 1 aliphatic heterocycles. The minimum atomic E-state index is -2.92. The zero-order chi connectivity index (χ0) is 22.4. The van der Waals surface area contributed by atoms with E-state index in [-0.39, 0.29) is 23.6 Å². The van der Waals surface area contributed by atoms with E-state index < -0.39 is 29.9 Å². The number of carbonyl (C=O) groups excluding carboxylic acids is 1. The molecule has 1 aliphatic rings. The Balaban J connectivity index is 1.53. The summed E-state index contributed by atoms with van der Waals surface area (Å²) >= 11 is 0. The highest BCUT2D eigenvalue weighted by Gasteiger charge is 2.32. The van der Waals surface area contributed by atoms with Crippen LogP contribution in [0.1, 0.15) is 28.4 Å². The van der Waals surface area contributed by atoms with Gasteiger partial charge in [-0.3, -0.25) is 9.78 Å². The molecule has 0 fully saturated rings. The third-order valence-corrected chi connectivity index (χ3v) is 5.01. The Morgan fingerprint density at radius 2 is 1.75 bits per heavy atom. The predicted octanol–water partition coefficient (Wildman–Crippen LogP) is 5.17. The predicted molar refractivity (Wildman–Crippen MR) is 105 cm³/mol. The fourth-order valence-corrected chi connectivity index (χ4v) is 3.55. The first-order valence-electron chi connectivity index (χ1n) is 9.39. The van der Waals surface area contributed by atoms with Crippen molar-refractivity contribution in [2.75, 3.05) is 4.90 Å². The van der Waals surface area contributed by atoms with Crippen LogP contribution in [0.25, 0.3) is 22.6 Å². The maximum atomic E-state index is 14.0. The molecule has 2 aromatic heterocycles. The number of alkyl halides is 2. The molecule has 3 heterocycles.